The first kappa shape index (κ1) is 14.6. The number of hydrogen-bond donors (Lipinski definition) is 0. The van der Waals surface area contributed by atoms with Crippen molar-refractivity contribution in [1.29, 1.82) is 0 Å². The maximum Gasteiger partial charge on any atom is 0.162 e. The lowest BCUT2D eigenvalue weighted by molar-refractivity contribution is -0.119. The Labute approximate surface area is 108 Å². The SMILES string of the molecule is C/C(=C\c1ccc(F)cc1)C(=O)C(C)CN(C)C. The number of halogens is 1. The molecule has 0 fully saturated rings. The van der Waals surface area contributed by atoms with E-state index in [2.05, 4.69) is 0 Å². The Bertz CT molecular complexity index is 434. The van der Waals surface area contributed by atoms with E-state index < -0.39 is 0 Å². The molecule has 1 atom stereocenters. The van der Waals surface area contributed by atoms with Crippen LogP contribution in [0.15, 0.2) is 29.8 Å². The summed E-state index contributed by atoms with van der Waals surface area (Å²) in [6.07, 6.45) is 1.80. The molecule has 0 aliphatic carbocycles. The molecular formula is C15H20FNO. The van der Waals surface area contributed by atoms with Crippen LogP contribution in [0.3, 0.4) is 0 Å². The van der Waals surface area contributed by atoms with Crippen molar-refractivity contribution in [2.75, 3.05) is 20.6 Å². The highest BCUT2D eigenvalue weighted by atomic mass is 19.1. The van der Waals surface area contributed by atoms with Crippen molar-refractivity contribution in [3.05, 3.63) is 41.2 Å². The molecule has 0 spiro atoms. The Hall–Kier alpha value is -1.48. The summed E-state index contributed by atoms with van der Waals surface area (Å²) < 4.78 is 12.8. The summed E-state index contributed by atoms with van der Waals surface area (Å²) >= 11 is 0. The van der Waals surface area contributed by atoms with Gasteiger partial charge < -0.3 is 4.90 Å². The van der Waals surface area contributed by atoms with Gasteiger partial charge in [0.15, 0.2) is 5.78 Å². The summed E-state index contributed by atoms with van der Waals surface area (Å²) in [5.74, 6) is -0.165. The fraction of sp³-hybridized carbons (Fsp3) is 0.400. The maximum absolute atomic E-state index is 12.8. The van der Waals surface area contributed by atoms with Crippen LogP contribution in [0.5, 0.6) is 0 Å². The molecule has 0 aliphatic heterocycles. The topological polar surface area (TPSA) is 20.3 Å². The van der Waals surface area contributed by atoms with E-state index in [0.29, 0.717) is 5.57 Å². The average molecular weight is 249 g/mol. The molecule has 0 radical (unpaired) electrons. The highest BCUT2D eigenvalue weighted by Gasteiger charge is 2.15. The summed E-state index contributed by atoms with van der Waals surface area (Å²) in [5.41, 5.74) is 1.55. The second-order valence-electron chi connectivity index (χ2n) is 4.91. The first-order valence-electron chi connectivity index (χ1n) is 6.03. The minimum atomic E-state index is -0.267. The second kappa shape index (κ2) is 6.45. The largest absolute Gasteiger partial charge is 0.309 e. The molecule has 2 nitrogen and oxygen atoms in total. The molecular weight excluding hydrogens is 229 g/mol. The lowest BCUT2D eigenvalue weighted by Gasteiger charge is -2.16. The van der Waals surface area contributed by atoms with Gasteiger partial charge in [0.05, 0.1) is 0 Å². The summed E-state index contributed by atoms with van der Waals surface area (Å²) in [5, 5.41) is 0. The number of Topliss-reactive ketones (excluding diaryl/α,β-unsaturated/α-hetero) is 1. The van der Waals surface area contributed by atoms with Gasteiger partial charge in [-0.2, -0.15) is 0 Å². The molecule has 0 N–H and O–H groups in total. The van der Waals surface area contributed by atoms with Crippen LogP contribution >= 0.6 is 0 Å². The van der Waals surface area contributed by atoms with Crippen molar-refractivity contribution in [3.63, 3.8) is 0 Å². The molecule has 1 unspecified atom stereocenters. The van der Waals surface area contributed by atoms with E-state index in [-0.39, 0.29) is 17.5 Å². The molecule has 3 heteroatoms. The van der Waals surface area contributed by atoms with Gasteiger partial charge in [0.1, 0.15) is 5.82 Å². The van der Waals surface area contributed by atoms with E-state index in [9.17, 15) is 9.18 Å². The molecule has 0 bridgehead atoms. The number of rotatable bonds is 5. The fourth-order valence-electron chi connectivity index (χ4n) is 1.90. The van der Waals surface area contributed by atoms with E-state index in [1.807, 2.05) is 25.9 Å². The molecule has 0 aromatic heterocycles. The minimum absolute atomic E-state index is 0.0308. The van der Waals surface area contributed by atoms with E-state index in [4.69, 9.17) is 0 Å². The molecule has 0 aliphatic rings. The lowest BCUT2D eigenvalue weighted by atomic mass is 9.98. The van der Waals surface area contributed by atoms with Crippen LogP contribution < -0.4 is 0 Å². The Morgan fingerprint density at radius 1 is 1.33 bits per heavy atom. The summed E-state index contributed by atoms with van der Waals surface area (Å²) in [6.45, 7) is 4.45. The molecule has 0 heterocycles. The number of carbonyl (C=O) groups is 1. The molecule has 0 saturated carbocycles. The summed E-state index contributed by atoms with van der Waals surface area (Å²) in [6, 6.07) is 6.13. The molecule has 1 rings (SSSR count). The predicted molar refractivity (Wildman–Crippen MR) is 72.8 cm³/mol. The van der Waals surface area contributed by atoms with Crippen molar-refractivity contribution in [2.24, 2.45) is 5.92 Å². The third kappa shape index (κ3) is 4.41. The molecule has 0 amide bonds. The number of ketones is 1. The van der Waals surface area contributed by atoms with Crippen molar-refractivity contribution >= 4 is 11.9 Å². The normalized spacial score (nSPS) is 13.8. The highest BCUT2D eigenvalue weighted by Crippen LogP contribution is 2.12. The number of allylic oxidation sites excluding steroid dienone is 1. The van der Waals surface area contributed by atoms with E-state index in [0.717, 1.165) is 12.1 Å². The first-order valence-corrected chi connectivity index (χ1v) is 6.03. The van der Waals surface area contributed by atoms with Gasteiger partial charge in [0.2, 0.25) is 0 Å². The predicted octanol–water partition coefficient (Wildman–Crippen LogP) is 3.00. The summed E-state index contributed by atoms with van der Waals surface area (Å²) in [7, 11) is 3.89. The number of carbonyl (C=O) groups excluding carboxylic acids is 1. The zero-order valence-corrected chi connectivity index (χ0v) is 11.4. The van der Waals surface area contributed by atoms with Gasteiger partial charge in [-0.15, -0.1) is 0 Å². The van der Waals surface area contributed by atoms with Gasteiger partial charge in [-0.3, -0.25) is 4.79 Å². The monoisotopic (exact) mass is 249 g/mol. The fourth-order valence-corrected chi connectivity index (χ4v) is 1.90. The molecule has 0 saturated heterocycles. The van der Waals surface area contributed by atoms with Crippen LogP contribution in [0.2, 0.25) is 0 Å². The Kier molecular flexibility index (Phi) is 5.23. The summed E-state index contributed by atoms with van der Waals surface area (Å²) in [4.78, 5) is 14.1. The van der Waals surface area contributed by atoms with E-state index in [1.165, 1.54) is 12.1 Å². The lowest BCUT2D eigenvalue weighted by Crippen LogP contribution is -2.26. The second-order valence-corrected chi connectivity index (χ2v) is 4.91. The van der Waals surface area contributed by atoms with Crippen molar-refractivity contribution in [1.82, 2.24) is 4.90 Å². The van der Waals surface area contributed by atoms with Gasteiger partial charge in [0, 0.05) is 12.5 Å². The number of hydrogen-bond acceptors (Lipinski definition) is 2. The standard InChI is InChI=1S/C15H20FNO/c1-11(15(18)12(2)10-17(3)4)9-13-5-7-14(16)8-6-13/h5-9,12H,10H2,1-4H3/b11-9+. The van der Waals surface area contributed by atoms with Gasteiger partial charge >= 0.3 is 0 Å². The zero-order chi connectivity index (χ0) is 13.7. The average Bonchev–Trinajstić information content (AvgIpc) is 2.30. The third-order valence-electron chi connectivity index (χ3n) is 2.73. The smallest absolute Gasteiger partial charge is 0.162 e. The van der Waals surface area contributed by atoms with Crippen molar-refractivity contribution in [2.45, 2.75) is 13.8 Å². The van der Waals surface area contributed by atoms with E-state index >= 15 is 0 Å². The Balaban J connectivity index is 2.76. The highest BCUT2D eigenvalue weighted by molar-refractivity contribution is 6.00. The van der Waals surface area contributed by atoms with Gasteiger partial charge in [0.25, 0.3) is 0 Å². The van der Waals surface area contributed by atoms with Crippen LogP contribution in [0.25, 0.3) is 6.08 Å². The van der Waals surface area contributed by atoms with Crippen molar-refractivity contribution in [3.8, 4) is 0 Å². The van der Waals surface area contributed by atoms with E-state index in [1.54, 1.807) is 25.1 Å². The van der Waals surface area contributed by atoms with Crippen LogP contribution in [-0.2, 0) is 4.79 Å². The molecule has 1 aromatic carbocycles. The van der Waals surface area contributed by atoms with Crippen LogP contribution in [0.4, 0.5) is 4.39 Å². The van der Waals surface area contributed by atoms with Crippen LogP contribution in [0, 0.1) is 11.7 Å². The van der Waals surface area contributed by atoms with Gasteiger partial charge in [-0.1, -0.05) is 19.1 Å². The zero-order valence-electron chi connectivity index (χ0n) is 11.4. The van der Waals surface area contributed by atoms with Gasteiger partial charge in [-0.05, 0) is 50.4 Å². The first-order chi connectivity index (χ1) is 8.40. The van der Waals surface area contributed by atoms with Crippen molar-refractivity contribution < 1.29 is 9.18 Å². The molecule has 98 valence electrons. The number of benzene rings is 1. The minimum Gasteiger partial charge on any atom is -0.309 e. The molecule has 18 heavy (non-hydrogen) atoms. The Morgan fingerprint density at radius 2 is 1.89 bits per heavy atom. The van der Waals surface area contributed by atoms with Gasteiger partial charge in [-0.25, -0.2) is 4.39 Å². The third-order valence-corrected chi connectivity index (χ3v) is 2.73. The Morgan fingerprint density at radius 3 is 2.39 bits per heavy atom. The maximum atomic E-state index is 12.8. The number of nitrogens with zero attached hydrogens (tertiary/aromatic N) is 1. The van der Waals surface area contributed by atoms with Crippen LogP contribution in [-0.4, -0.2) is 31.3 Å². The quantitative estimate of drug-likeness (QED) is 0.748. The molecule has 1 aromatic rings. The van der Waals surface area contributed by atoms with Crippen LogP contribution in [0.1, 0.15) is 19.4 Å².